The number of aliphatic hydroxyl groups is 1. The van der Waals surface area contributed by atoms with Gasteiger partial charge in [-0.05, 0) is 19.1 Å². The van der Waals surface area contributed by atoms with Crippen LogP contribution in [-0.4, -0.2) is 27.6 Å². The first kappa shape index (κ1) is 12.3. The van der Waals surface area contributed by atoms with Crippen LogP contribution in [0.3, 0.4) is 0 Å². The van der Waals surface area contributed by atoms with Crippen LogP contribution in [0, 0.1) is 6.92 Å². The maximum absolute atomic E-state index is 12.0. The topological polar surface area (TPSA) is 37.3 Å². The van der Waals surface area contributed by atoms with Gasteiger partial charge in [-0.2, -0.15) is 0 Å². The van der Waals surface area contributed by atoms with E-state index in [1.54, 1.807) is 24.3 Å². The molecule has 0 saturated heterocycles. The molecule has 1 aromatic carbocycles. The monoisotopic (exact) mass is 234 g/mol. The molecule has 0 amide bonds. The Balaban J connectivity index is 2.65. The molecule has 0 saturated carbocycles. The Kier molecular flexibility index (Phi) is 4.35. The van der Waals surface area contributed by atoms with Gasteiger partial charge in [0.2, 0.25) is 0 Å². The summed E-state index contributed by atoms with van der Waals surface area (Å²) in [5, 5.41) is 8.87. The fourth-order valence-corrected chi connectivity index (χ4v) is 2.10. The van der Waals surface area contributed by atoms with Gasteiger partial charge in [-0.1, -0.05) is 17.7 Å². The second-order valence-electron chi connectivity index (χ2n) is 3.23. The van der Waals surface area contributed by atoms with E-state index in [1.165, 1.54) is 0 Å². The van der Waals surface area contributed by atoms with E-state index in [9.17, 15) is 13.0 Å². The molecule has 0 heterocycles. The first-order valence-corrected chi connectivity index (χ1v) is 5.74. The molecule has 0 fully saturated rings. The molecule has 84 valence electrons. The second-order valence-corrected chi connectivity index (χ2v) is 4.72. The highest BCUT2D eigenvalue weighted by atomic mass is 32.2. The average Bonchev–Trinajstić information content (AvgIpc) is 2.18. The van der Waals surface area contributed by atoms with Crippen molar-refractivity contribution in [1.82, 2.24) is 0 Å². The molecule has 15 heavy (non-hydrogen) atoms. The Hall–Kier alpha value is -0.810. The number of hydrogen-bond acceptors (Lipinski definition) is 2. The maximum Gasteiger partial charge on any atom is 0.264 e. The van der Waals surface area contributed by atoms with E-state index in [0.717, 1.165) is 5.56 Å². The van der Waals surface area contributed by atoms with E-state index in [0.29, 0.717) is 4.90 Å². The van der Waals surface area contributed by atoms with Crippen molar-refractivity contribution in [3.63, 3.8) is 0 Å². The Morgan fingerprint density at radius 2 is 1.87 bits per heavy atom. The van der Waals surface area contributed by atoms with Gasteiger partial charge in [0, 0.05) is 4.90 Å². The van der Waals surface area contributed by atoms with Crippen molar-refractivity contribution >= 4 is 10.8 Å². The fraction of sp³-hybridized carbons (Fsp3) is 0.400. The van der Waals surface area contributed by atoms with Crippen molar-refractivity contribution in [3.8, 4) is 0 Å². The van der Waals surface area contributed by atoms with Gasteiger partial charge in [0.05, 0.1) is 16.6 Å². The molecule has 2 atom stereocenters. The number of hydrogen-bond donors (Lipinski definition) is 1. The van der Waals surface area contributed by atoms with Crippen LogP contribution in [0.25, 0.3) is 0 Å². The van der Waals surface area contributed by atoms with Crippen LogP contribution >= 0.6 is 0 Å². The molecule has 0 aliphatic heterocycles. The first-order chi connectivity index (χ1) is 7.00. The highest BCUT2D eigenvalue weighted by Crippen LogP contribution is 2.11. The SMILES string of the molecule is Cc1ccc(S(=O)C[C@@H](O)C(F)F)cc1. The average molecular weight is 234 g/mol. The molecule has 0 radical (unpaired) electrons. The summed E-state index contributed by atoms with van der Waals surface area (Å²) < 4.78 is 35.5. The van der Waals surface area contributed by atoms with Gasteiger partial charge in [0.25, 0.3) is 6.43 Å². The van der Waals surface area contributed by atoms with Crippen LogP contribution in [0.15, 0.2) is 29.2 Å². The molecule has 0 aliphatic rings. The lowest BCUT2D eigenvalue weighted by atomic mass is 10.2. The van der Waals surface area contributed by atoms with Gasteiger partial charge in [0.15, 0.2) is 0 Å². The van der Waals surface area contributed by atoms with E-state index >= 15 is 0 Å². The van der Waals surface area contributed by atoms with Crippen LogP contribution in [0.2, 0.25) is 0 Å². The summed E-state index contributed by atoms with van der Waals surface area (Å²) in [5.41, 5.74) is 1.00. The summed E-state index contributed by atoms with van der Waals surface area (Å²) in [6.45, 7) is 1.88. The lowest BCUT2D eigenvalue weighted by Gasteiger charge is -2.08. The standard InChI is InChI=1S/C10H12F2O2S/c1-7-2-4-8(5-3-7)15(14)6-9(13)10(11)12/h2-5,9-10,13H,6H2,1H3/t9-,15?/m1/s1. The quantitative estimate of drug-likeness (QED) is 0.861. The summed E-state index contributed by atoms with van der Waals surface area (Å²) in [4.78, 5) is 0.459. The Bertz CT molecular complexity index is 338. The van der Waals surface area contributed by atoms with Crippen LogP contribution < -0.4 is 0 Å². The second kappa shape index (κ2) is 5.32. The Labute approximate surface area is 89.4 Å². The summed E-state index contributed by atoms with van der Waals surface area (Å²) in [6, 6.07) is 6.73. The number of rotatable bonds is 4. The van der Waals surface area contributed by atoms with Crippen molar-refractivity contribution < 1.29 is 18.1 Å². The highest BCUT2D eigenvalue weighted by molar-refractivity contribution is 7.85. The molecular formula is C10H12F2O2S. The van der Waals surface area contributed by atoms with E-state index in [2.05, 4.69) is 0 Å². The summed E-state index contributed by atoms with van der Waals surface area (Å²) >= 11 is 0. The number of aliphatic hydroxyl groups excluding tert-OH is 1. The minimum Gasteiger partial charge on any atom is -0.386 e. The van der Waals surface area contributed by atoms with Gasteiger partial charge in [-0.15, -0.1) is 0 Å². The predicted molar refractivity (Wildman–Crippen MR) is 54.5 cm³/mol. The van der Waals surface area contributed by atoms with E-state index in [1.807, 2.05) is 6.92 Å². The van der Waals surface area contributed by atoms with Gasteiger partial charge < -0.3 is 5.11 Å². The molecule has 0 bridgehead atoms. The molecule has 5 heteroatoms. The summed E-state index contributed by atoms with van der Waals surface area (Å²) in [5.74, 6) is -0.430. The smallest absolute Gasteiger partial charge is 0.264 e. The van der Waals surface area contributed by atoms with Crippen molar-refractivity contribution in [1.29, 1.82) is 0 Å². The van der Waals surface area contributed by atoms with Crippen molar-refractivity contribution in [2.24, 2.45) is 0 Å². The molecule has 2 nitrogen and oxygen atoms in total. The highest BCUT2D eigenvalue weighted by Gasteiger charge is 2.20. The molecule has 1 unspecified atom stereocenters. The van der Waals surface area contributed by atoms with Crippen molar-refractivity contribution in [2.45, 2.75) is 24.3 Å². The number of alkyl halides is 2. The predicted octanol–water partition coefficient (Wildman–Crippen LogP) is 1.73. The zero-order valence-electron chi connectivity index (χ0n) is 8.19. The first-order valence-electron chi connectivity index (χ1n) is 4.42. The normalized spacial score (nSPS) is 15.3. The van der Waals surface area contributed by atoms with Crippen molar-refractivity contribution in [2.75, 3.05) is 5.75 Å². The Morgan fingerprint density at radius 1 is 1.33 bits per heavy atom. The van der Waals surface area contributed by atoms with Crippen molar-refractivity contribution in [3.05, 3.63) is 29.8 Å². The van der Waals surface area contributed by atoms with Crippen LogP contribution in [-0.2, 0) is 10.8 Å². The van der Waals surface area contributed by atoms with Crippen LogP contribution in [0.1, 0.15) is 5.56 Å². The summed E-state index contributed by atoms with van der Waals surface area (Å²) in [6.07, 6.45) is -4.67. The lowest BCUT2D eigenvalue weighted by molar-refractivity contribution is 0.00958. The molecule has 0 spiro atoms. The zero-order chi connectivity index (χ0) is 11.4. The number of aryl methyl sites for hydroxylation is 1. The molecule has 0 aliphatic carbocycles. The molecule has 1 rings (SSSR count). The van der Waals surface area contributed by atoms with Crippen LogP contribution in [0.4, 0.5) is 8.78 Å². The van der Waals surface area contributed by atoms with Gasteiger partial charge in [-0.3, -0.25) is 4.21 Å². The van der Waals surface area contributed by atoms with E-state index in [4.69, 9.17) is 5.11 Å². The van der Waals surface area contributed by atoms with Crippen LogP contribution in [0.5, 0.6) is 0 Å². The fourth-order valence-electron chi connectivity index (χ4n) is 1.01. The maximum atomic E-state index is 12.0. The lowest BCUT2D eigenvalue weighted by Crippen LogP contribution is -2.24. The molecule has 1 N–H and O–H groups in total. The third-order valence-electron chi connectivity index (χ3n) is 1.90. The minimum atomic E-state index is -2.85. The summed E-state index contributed by atoms with van der Waals surface area (Å²) in [7, 11) is -1.57. The molecule has 0 aromatic heterocycles. The largest absolute Gasteiger partial charge is 0.386 e. The Morgan fingerprint density at radius 3 is 2.33 bits per heavy atom. The van der Waals surface area contributed by atoms with Gasteiger partial charge in [-0.25, -0.2) is 8.78 Å². The minimum absolute atomic E-state index is 0.430. The molecular weight excluding hydrogens is 222 g/mol. The number of halogens is 2. The zero-order valence-corrected chi connectivity index (χ0v) is 9.01. The van der Waals surface area contributed by atoms with Gasteiger partial charge in [0.1, 0.15) is 6.10 Å². The van der Waals surface area contributed by atoms with Gasteiger partial charge >= 0.3 is 0 Å². The van der Waals surface area contributed by atoms with E-state index in [-0.39, 0.29) is 0 Å². The van der Waals surface area contributed by atoms with E-state index < -0.39 is 29.1 Å². The number of benzene rings is 1. The molecule has 1 aromatic rings. The third kappa shape index (κ3) is 3.68. The third-order valence-corrected chi connectivity index (χ3v) is 3.34.